The highest BCUT2D eigenvalue weighted by molar-refractivity contribution is 7.09. The summed E-state index contributed by atoms with van der Waals surface area (Å²) >= 11 is 1.70. The van der Waals surface area contributed by atoms with E-state index in [1.165, 1.54) is 4.88 Å². The van der Waals surface area contributed by atoms with Gasteiger partial charge in [-0.3, -0.25) is 9.59 Å². The molecule has 0 atom stereocenters. The minimum atomic E-state index is -0.712. The lowest BCUT2D eigenvalue weighted by molar-refractivity contribution is -0.132. The van der Waals surface area contributed by atoms with Crippen molar-refractivity contribution in [2.24, 2.45) is 11.1 Å². The van der Waals surface area contributed by atoms with E-state index in [0.717, 1.165) is 17.9 Å². The molecule has 2 aromatic heterocycles. The zero-order valence-corrected chi connectivity index (χ0v) is 16.0. The number of aryl methyl sites for hydroxylation is 1. The van der Waals surface area contributed by atoms with E-state index in [-0.39, 0.29) is 18.4 Å². The van der Waals surface area contributed by atoms with Crippen molar-refractivity contribution in [2.75, 3.05) is 19.8 Å². The molecule has 0 aliphatic carbocycles. The Balaban J connectivity index is 1.73. The molecule has 3 heterocycles. The molecular weight excluding hydrogens is 350 g/mol. The van der Waals surface area contributed by atoms with Crippen LogP contribution in [0.1, 0.15) is 39.5 Å². The maximum absolute atomic E-state index is 12.7. The number of rotatable bonds is 6. The van der Waals surface area contributed by atoms with Gasteiger partial charge in [0.2, 0.25) is 5.91 Å². The molecule has 0 aromatic carbocycles. The highest BCUT2D eigenvalue weighted by Gasteiger charge is 2.38. The summed E-state index contributed by atoms with van der Waals surface area (Å²) in [6.07, 6.45) is 1.08. The minimum Gasteiger partial charge on any atom is -0.381 e. The van der Waals surface area contributed by atoms with Crippen molar-refractivity contribution in [1.29, 1.82) is 0 Å². The maximum Gasteiger partial charge on any atom is 0.253 e. The molecule has 0 saturated carbocycles. The van der Waals surface area contributed by atoms with Gasteiger partial charge in [-0.2, -0.15) is 0 Å². The molecule has 1 saturated heterocycles. The quantitative estimate of drug-likeness (QED) is 0.812. The summed E-state index contributed by atoms with van der Waals surface area (Å²) in [4.78, 5) is 25.9. The van der Waals surface area contributed by atoms with Gasteiger partial charge in [0, 0.05) is 36.0 Å². The molecule has 26 heavy (non-hydrogen) atoms. The van der Waals surface area contributed by atoms with E-state index in [1.807, 2.05) is 31.4 Å². The van der Waals surface area contributed by atoms with Crippen LogP contribution in [0.15, 0.2) is 23.6 Å². The summed E-state index contributed by atoms with van der Waals surface area (Å²) in [6, 6.07) is 6.02. The zero-order chi connectivity index (χ0) is 18.7. The van der Waals surface area contributed by atoms with Crippen molar-refractivity contribution >= 4 is 23.2 Å². The molecule has 0 spiro atoms. The summed E-state index contributed by atoms with van der Waals surface area (Å²) in [6.45, 7) is 5.95. The van der Waals surface area contributed by atoms with Crippen molar-refractivity contribution in [1.82, 2.24) is 9.88 Å². The number of primary amides is 1. The van der Waals surface area contributed by atoms with Gasteiger partial charge in [0.05, 0.1) is 17.5 Å². The summed E-state index contributed by atoms with van der Waals surface area (Å²) in [5.41, 5.74) is 7.51. The topological polar surface area (TPSA) is 86.3 Å². The number of ether oxygens (including phenoxy) is 1. The fourth-order valence-corrected chi connectivity index (χ4v) is 4.14. The Bertz CT molecular complexity index is 789. The number of nitrogens with one attached hydrogen (secondary N) is 1. The third-order valence-corrected chi connectivity index (χ3v) is 6.13. The van der Waals surface area contributed by atoms with Gasteiger partial charge in [-0.05, 0) is 44.2 Å². The number of hydrogen-bond acceptors (Lipinski definition) is 4. The third-order valence-electron chi connectivity index (χ3n) is 5.27. The van der Waals surface area contributed by atoms with Gasteiger partial charge in [-0.25, -0.2) is 0 Å². The van der Waals surface area contributed by atoms with Crippen LogP contribution in [0.4, 0.5) is 0 Å². The highest BCUT2D eigenvalue weighted by atomic mass is 32.1. The van der Waals surface area contributed by atoms with E-state index in [0.29, 0.717) is 31.6 Å². The molecule has 3 N–H and O–H groups in total. The molecule has 0 unspecified atom stereocenters. The predicted octanol–water partition coefficient (Wildman–Crippen LogP) is 2.23. The predicted molar refractivity (Wildman–Crippen MR) is 101 cm³/mol. The summed E-state index contributed by atoms with van der Waals surface area (Å²) in [5, 5.41) is 4.97. The molecule has 2 aromatic rings. The molecule has 0 radical (unpaired) electrons. The largest absolute Gasteiger partial charge is 0.381 e. The number of carbonyl (C=O) groups is 2. The van der Waals surface area contributed by atoms with Crippen LogP contribution < -0.4 is 11.1 Å². The Morgan fingerprint density at radius 3 is 2.69 bits per heavy atom. The first-order chi connectivity index (χ1) is 12.4. The number of aromatic nitrogens is 1. The fourth-order valence-electron chi connectivity index (χ4n) is 3.45. The Kier molecular flexibility index (Phi) is 5.48. The van der Waals surface area contributed by atoms with Crippen LogP contribution in [0.2, 0.25) is 0 Å². The van der Waals surface area contributed by atoms with Crippen LogP contribution in [0.25, 0.3) is 0 Å². The van der Waals surface area contributed by atoms with Crippen molar-refractivity contribution in [3.63, 3.8) is 0 Å². The lowest BCUT2D eigenvalue weighted by Crippen LogP contribution is -2.49. The second kappa shape index (κ2) is 7.63. The van der Waals surface area contributed by atoms with Gasteiger partial charge >= 0.3 is 0 Å². The van der Waals surface area contributed by atoms with E-state index < -0.39 is 5.41 Å². The standard InChI is InChI=1S/C19H25N3O3S/c1-13-10-16(14(2)22(13)11-15-4-3-9-26-15)17(23)21-12-19(18(20)24)5-7-25-8-6-19/h3-4,9-10H,5-8,11-12H2,1-2H3,(H2,20,24)(H,21,23). The number of thiophene rings is 1. The van der Waals surface area contributed by atoms with Crippen molar-refractivity contribution in [3.8, 4) is 0 Å². The van der Waals surface area contributed by atoms with Gasteiger partial charge < -0.3 is 20.4 Å². The van der Waals surface area contributed by atoms with Crippen LogP contribution in [-0.2, 0) is 16.1 Å². The average molecular weight is 375 g/mol. The fraction of sp³-hybridized carbons (Fsp3) is 0.474. The molecule has 1 fully saturated rings. The molecule has 1 aliphatic rings. The number of hydrogen-bond donors (Lipinski definition) is 2. The van der Waals surface area contributed by atoms with Gasteiger partial charge in [-0.15, -0.1) is 11.3 Å². The van der Waals surface area contributed by atoms with Crippen LogP contribution in [0.3, 0.4) is 0 Å². The summed E-state index contributed by atoms with van der Waals surface area (Å²) in [7, 11) is 0. The molecule has 6 nitrogen and oxygen atoms in total. The Labute approximate surface area is 157 Å². The second-order valence-electron chi connectivity index (χ2n) is 6.89. The molecule has 1 aliphatic heterocycles. The Morgan fingerprint density at radius 1 is 1.35 bits per heavy atom. The molecule has 3 rings (SSSR count). The molecular formula is C19H25N3O3S. The second-order valence-corrected chi connectivity index (χ2v) is 7.92. The number of nitrogens with zero attached hydrogens (tertiary/aromatic N) is 1. The summed E-state index contributed by atoms with van der Waals surface area (Å²) < 4.78 is 7.47. The van der Waals surface area contributed by atoms with E-state index >= 15 is 0 Å². The van der Waals surface area contributed by atoms with Gasteiger partial charge in [0.1, 0.15) is 0 Å². The number of carbonyl (C=O) groups excluding carboxylic acids is 2. The van der Waals surface area contributed by atoms with Crippen molar-refractivity contribution < 1.29 is 14.3 Å². The van der Waals surface area contributed by atoms with E-state index in [2.05, 4.69) is 16.0 Å². The SMILES string of the molecule is Cc1cc(C(=O)NCC2(C(N)=O)CCOCC2)c(C)n1Cc1cccs1. The Morgan fingerprint density at radius 2 is 2.08 bits per heavy atom. The Hall–Kier alpha value is -2.12. The first-order valence-electron chi connectivity index (χ1n) is 8.78. The van der Waals surface area contributed by atoms with Crippen LogP contribution >= 0.6 is 11.3 Å². The van der Waals surface area contributed by atoms with Crippen LogP contribution in [-0.4, -0.2) is 36.1 Å². The highest BCUT2D eigenvalue weighted by Crippen LogP contribution is 2.29. The van der Waals surface area contributed by atoms with Gasteiger partial charge in [0.25, 0.3) is 5.91 Å². The van der Waals surface area contributed by atoms with Gasteiger partial charge in [0.15, 0.2) is 0 Å². The third kappa shape index (κ3) is 3.68. The lowest BCUT2D eigenvalue weighted by Gasteiger charge is -2.34. The molecule has 140 valence electrons. The lowest BCUT2D eigenvalue weighted by atomic mass is 9.79. The van der Waals surface area contributed by atoms with Crippen molar-refractivity contribution in [2.45, 2.75) is 33.2 Å². The van der Waals surface area contributed by atoms with Crippen LogP contribution in [0, 0.1) is 19.3 Å². The van der Waals surface area contributed by atoms with E-state index in [1.54, 1.807) is 11.3 Å². The number of amides is 2. The van der Waals surface area contributed by atoms with Gasteiger partial charge in [-0.1, -0.05) is 6.07 Å². The number of nitrogens with two attached hydrogens (primary N) is 1. The smallest absolute Gasteiger partial charge is 0.253 e. The monoisotopic (exact) mass is 375 g/mol. The maximum atomic E-state index is 12.7. The van der Waals surface area contributed by atoms with E-state index in [9.17, 15) is 9.59 Å². The zero-order valence-electron chi connectivity index (χ0n) is 15.2. The molecule has 7 heteroatoms. The normalized spacial score (nSPS) is 16.4. The molecule has 0 bridgehead atoms. The van der Waals surface area contributed by atoms with Crippen LogP contribution in [0.5, 0.6) is 0 Å². The van der Waals surface area contributed by atoms with E-state index in [4.69, 9.17) is 10.5 Å². The first kappa shape index (κ1) is 18.7. The molecule has 2 amide bonds. The van der Waals surface area contributed by atoms with Crippen molar-refractivity contribution in [3.05, 3.63) is 45.4 Å². The summed E-state index contributed by atoms with van der Waals surface area (Å²) in [5.74, 6) is -0.535. The minimum absolute atomic E-state index is 0.164. The first-order valence-corrected chi connectivity index (χ1v) is 9.66. The average Bonchev–Trinajstić information content (AvgIpc) is 3.24.